The van der Waals surface area contributed by atoms with E-state index in [0.717, 1.165) is 18.5 Å². The van der Waals surface area contributed by atoms with Crippen LogP contribution in [0.25, 0.3) is 0 Å². The molecule has 110 valence electrons. The quantitative estimate of drug-likeness (QED) is 0.944. The Labute approximate surface area is 127 Å². The summed E-state index contributed by atoms with van der Waals surface area (Å²) in [5.74, 6) is -0.320. The van der Waals surface area contributed by atoms with E-state index in [4.69, 9.17) is 0 Å². The maximum absolute atomic E-state index is 13.6. The van der Waals surface area contributed by atoms with Crippen molar-refractivity contribution in [2.24, 2.45) is 0 Å². The Morgan fingerprint density at radius 1 is 1.43 bits per heavy atom. The molecule has 0 spiro atoms. The molecule has 1 aliphatic rings. The highest BCUT2D eigenvalue weighted by Crippen LogP contribution is 2.24. The first-order valence-corrected chi connectivity index (χ1v) is 7.84. The third kappa shape index (κ3) is 3.08. The van der Waals surface area contributed by atoms with Crippen molar-refractivity contribution in [3.05, 3.63) is 51.5 Å². The fourth-order valence-corrected chi connectivity index (χ4v) is 3.41. The van der Waals surface area contributed by atoms with Crippen LogP contribution < -0.4 is 5.32 Å². The highest BCUT2D eigenvalue weighted by molar-refractivity contribution is 7.10. The molecule has 1 amide bonds. The molecule has 0 saturated carbocycles. The van der Waals surface area contributed by atoms with Crippen molar-refractivity contribution in [1.29, 1.82) is 0 Å². The molecule has 0 aliphatic carbocycles. The number of nitrogens with zero attached hydrogens (tertiary/aromatic N) is 1. The lowest BCUT2D eigenvalue weighted by Gasteiger charge is -2.27. The van der Waals surface area contributed by atoms with Crippen LogP contribution in [0.15, 0.2) is 29.6 Å². The predicted octanol–water partition coefficient (Wildman–Crippen LogP) is 3.19. The van der Waals surface area contributed by atoms with Gasteiger partial charge in [-0.3, -0.25) is 4.79 Å². The summed E-state index contributed by atoms with van der Waals surface area (Å²) in [4.78, 5) is 15.4. The van der Waals surface area contributed by atoms with Gasteiger partial charge in [-0.25, -0.2) is 4.39 Å². The fraction of sp³-hybridized carbons (Fsp3) is 0.312. The number of amides is 1. The second-order valence-corrected chi connectivity index (χ2v) is 6.27. The number of hydrogen-bond acceptors (Lipinski definition) is 3. The zero-order valence-electron chi connectivity index (χ0n) is 11.9. The summed E-state index contributed by atoms with van der Waals surface area (Å²) in [5, 5.41) is 4.97. The van der Waals surface area contributed by atoms with Gasteiger partial charge in [0.1, 0.15) is 5.82 Å². The number of anilines is 1. The molecule has 0 radical (unpaired) electrons. The fourth-order valence-electron chi connectivity index (χ4n) is 2.52. The van der Waals surface area contributed by atoms with Crippen molar-refractivity contribution in [3.8, 4) is 0 Å². The van der Waals surface area contributed by atoms with Gasteiger partial charge in [0.05, 0.1) is 12.2 Å². The molecule has 1 aromatic heterocycles. The number of hydrogen-bond donors (Lipinski definition) is 1. The van der Waals surface area contributed by atoms with E-state index in [1.807, 2.05) is 11.8 Å². The van der Waals surface area contributed by atoms with E-state index >= 15 is 0 Å². The van der Waals surface area contributed by atoms with Gasteiger partial charge in [-0.1, -0.05) is 6.07 Å². The van der Waals surface area contributed by atoms with Crippen LogP contribution in [-0.4, -0.2) is 23.9 Å². The van der Waals surface area contributed by atoms with Gasteiger partial charge < -0.3 is 10.2 Å². The Balaban J connectivity index is 1.61. The molecular formula is C16H17FN2OS. The van der Waals surface area contributed by atoms with E-state index in [-0.39, 0.29) is 18.3 Å². The second-order valence-electron chi connectivity index (χ2n) is 5.27. The van der Waals surface area contributed by atoms with Crippen LogP contribution >= 0.6 is 11.3 Å². The average molecular weight is 304 g/mol. The van der Waals surface area contributed by atoms with E-state index < -0.39 is 0 Å². The first kappa shape index (κ1) is 14.1. The highest BCUT2D eigenvalue weighted by atomic mass is 32.1. The number of rotatable bonds is 3. The smallest absolute Gasteiger partial charge is 0.242 e. The van der Waals surface area contributed by atoms with Crippen molar-refractivity contribution in [2.75, 3.05) is 18.4 Å². The number of nitrogens with one attached hydrogen (secondary N) is 1. The van der Waals surface area contributed by atoms with Gasteiger partial charge in [-0.15, -0.1) is 11.3 Å². The van der Waals surface area contributed by atoms with Crippen LogP contribution in [0.2, 0.25) is 0 Å². The molecule has 2 heterocycles. The van der Waals surface area contributed by atoms with Crippen LogP contribution in [0.5, 0.6) is 0 Å². The molecule has 1 aromatic carbocycles. The molecular weight excluding hydrogens is 287 g/mol. The monoisotopic (exact) mass is 304 g/mol. The minimum atomic E-state index is -0.327. The number of carbonyl (C=O) groups is 1. The van der Waals surface area contributed by atoms with Crippen molar-refractivity contribution in [2.45, 2.75) is 19.9 Å². The summed E-state index contributed by atoms with van der Waals surface area (Å²) >= 11 is 1.75. The summed E-state index contributed by atoms with van der Waals surface area (Å²) in [6.45, 7) is 3.43. The van der Waals surface area contributed by atoms with Gasteiger partial charge in [-0.05, 0) is 48.1 Å². The number of benzene rings is 1. The SMILES string of the molecule is Cc1ccc(F)c(NCC(=O)N2CCc3sccc3C2)c1. The van der Waals surface area contributed by atoms with Crippen molar-refractivity contribution in [3.63, 3.8) is 0 Å². The summed E-state index contributed by atoms with van der Waals surface area (Å²) in [6, 6.07) is 6.93. The predicted molar refractivity (Wildman–Crippen MR) is 83.1 cm³/mol. The molecule has 21 heavy (non-hydrogen) atoms. The average Bonchev–Trinajstić information content (AvgIpc) is 2.95. The van der Waals surface area contributed by atoms with Crippen LogP contribution in [0, 0.1) is 12.7 Å². The number of fused-ring (bicyclic) bond motifs is 1. The summed E-state index contributed by atoms with van der Waals surface area (Å²) in [5.41, 5.74) is 2.59. The number of halogens is 1. The third-order valence-electron chi connectivity index (χ3n) is 3.71. The normalized spacial score (nSPS) is 13.9. The molecule has 5 heteroatoms. The summed E-state index contributed by atoms with van der Waals surface area (Å²) < 4.78 is 13.6. The zero-order chi connectivity index (χ0) is 14.8. The molecule has 1 aliphatic heterocycles. The first-order valence-electron chi connectivity index (χ1n) is 6.96. The van der Waals surface area contributed by atoms with E-state index in [1.165, 1.54) is 16.5 Å². The Hall–Kier alpha value is -1.88. The van der Waals surface area contributed by atoms with Crippen LogP contribution in [-0.2, 0) is 17.8 Å². The molecule has 3 nitrogen and oxygen atoms in total. The Bertz CT molecular complexity index is 668. The largest absolute Gasteiger partial charge is 0.374 e. The standard InChI is InChI=1S/C16H17FN2OS/c1-11-2-3-13(17)14(8-11)18-9-16(20)19-6-4-15-12(10-19)5-7-21-15/h2-3,5,7-8,18H,4,6,9-10H2,1H3. The van der Waals surface area contributed by atoms with Crippen LogP contribution in [0.1, 0.15) is 16.0 Å². The maximum Gasteiger partial charge on any atom is 0.242 e. The molecule has 0 bridgehead atoms. The first-order chi connectivity index (χ1) is 10.1. The van der Waals surface area contributed by atoms with E-state index in [9.17, 15) is 9.18 Å². The molecule has 0 saturated heterocycles. The number of aryl methyl sites for hydroxylation is 1. The van der Waals surface area contributed by atoms with Crippen LogP contribution in [0.3, 0.4) is 0 Å². The van der Waals surface area contributed by atoms with E-state index in [1.54, 1.807) is 23.5 Å². The van der Waals surface area contributed by atoms with Gasteiger partial charge in [0, 0.05) is 18.0 Å². The topological polar surface area (TPSA) is 32.3 Å². The lowest BCUT2D eigenvalue weighted by molar-refractivity contribution is -0.130. The number of carbonyl (C=O) groups excluding carboxylic acids is 1. The maximum atomic E-state index is 13.6. The van der Waals surface area contributed by atoms with Crippen molar-refractivity contribution < 1.29 is 9.18 Å². The van der Waals surface area contributed by atoms with E-state index in [0.29, 0.717) is 12.2 Å². The lowest BCUT2D eigenvalue weighted by Crippen LogP contribution is -2.38. The van der Waals surface area contributed by atoms with Gasteiger partial charge in [0.15, 0.2) is 0 Å². The molecule has 0 atom stereocenters. The van der Waals surface area contributed by atoms with Crippen LogP contribution in [0.4, 0.5) is 10.1 Å². The number of thiophene rings is 1. The molecule has 0 unspecified atom stereocenters. The van der Waals surface area contributed by atoms with E-state index in [2.05, 4.69) is 16.8 Å². The lowest BCUT2D eigenvalue weighted by atomic mass is 10.1. The van der Waals surface area contributed by atoms with Gasteiger partial charge >= 0.3 is 0 Å². The second kappa shape index (κ2) is 5.85. The minimum Gasteiger partial charge on any atom is -0.374 e. The summed E-state index contributed by atoms with van der Waals surface area (Å²) in [6.07, 6.45) is 0.914. The minimum absolute atomic E-state index is 0.00718. The molecule has 3 rings (SSSR count). The third-order valence-corrected chi connectivity index (χ3v) is 4.74. The van der Waals surface area contributed by atoms with Gasteiger partial charge in [0.2, 0.25) is 5.91 Å². The molecule has 1 N–H and O–H groups in total. The Morgan fingerprint density at radius 3 is 3.14 bits per heavy atom. The zero-order valence-corrected chi connectivity index (χ0v) is 12.7. The Morgan fingerprint density at radius 2 is 2.29 bits per heavy atom. The van der Waals surface area contributed by atoms with Gasteiger partial charge in [-0.2, -0.15) is 0 Å². The Kier molecular flexibility index (Phi) is 3.92. The summed E-state index contributed by atoms with van der Waals surface area (Å²) in [7, 11) is 0. The highest BCUT2D eigenvalue weighted by Gasteiger charge is 2.21. The van der Waals surface area contributed by atoms with Crippen molar-refractivity contribution in [1.82, 2.24) is 4.90 Å². The van der Waals surface area contributed by atoms with Gasteiger partial charge in [0.25, 0.3) is 0 Å². The molecule has 2 aromatic rings. The molecule has 0 fully saturated rings. The van der Waals surface area contributed by atoms with Crippen molar-refractivity contribution >= 4 is 22.9 Å².